The lowest BCUT2D eigenvalue weighted by atomic mass is 10.1. The van der Waals surface area contributed by atoms with Gasteiger partial charge in [0.15, 0.2) is 0 Å². The van der Waals surface area contributed by atoms with Crippen LogP contribution in [0.4, 0.5) is 5.69 Å². The van der Waals surface area contributed by atoms with Gasteiger partial charge < -0.3 is 5.11 Å². The first-order chi connectivity index (χ1) is 11.4. The highest BCUT2D eigenvalue weighted by atomic mass is 32.2. The van der Waals surface area contributed by atoms with Crippen LogP contribution in [0.25, 0.3) is 0 Å². The molecule has 0 fully saturated rings. The summed E-state index contributed by atoms with van der Waals surface area (Å²) in [5, 5.41) is 9.41. The fourth-order valence-electron chi connectivity index (χ4n) is 2.56. The highest BCUT2D eigenvalue weighted by Crippen LogP contribution is 2.23. The molecule has 5 heteroatoms. The standard InChI is InChI=1S/C19H25NO3S/c1-3-4-5-6-7-16-8-11-18(12-9-16)24(22,23)20-19-13-10-17(21)14-15(19)2/h8-14,20-21H,3-7H2,1-2H3. The van der Waals surface area contributed by atoms with Crippen molar-refractivity contribution in [3.8, 4) is 5.75 Å². The van der Waals surface area contributed by atoms with E-state index < -0.39 is 10.0 Å². The van der Waals surface area contributed by atoms with Crippen LogP contribution in [0.3, 0.4) is 0 Å². The monoisotopic (exact) mass is 347 g/mol. The Morgan fingerprint density at radius 2 is 1.71 bits per heavy atom. The van der Waals surface area contributed by atoms with E-state index in [2.05, 4.69) is 11.6 Å². The lowest BCUT2D eigenvalue weighted by molar-refractivity contribution is 0.475. The molecule has 0 heterocycles. The topological polar surface area (TPSA) is 66.4 Å². The summed E-state index contributed by atoms with van der Waals surface area (Å²) in [4.78, 5) is 0.243. The molecule has 2 rings (SSSR count). The van der Waals surface area contributed by atoms with Crippen LogP contribution in [0.2, 0.25) is 0 Å². The van der Waals surface area contributed by atoms with Gasteiger partial charge >= 0.3 is 0 Å². The van der Waals surface area contributed by atoms with Crippen LogP contribution in [-0.4, -0.2) is 13.5 Å². The predicted octanol–water partition coefficient (Wildman–Crippen LogP) is 4.62. The van der Waals surface area contributed by atoms with Crippen molar-refractivity contribution in [2.45, 2.75) is 50.8 Å². The molecule has 2 aromatic rings. The second kappa shape index (κ2) is 8.20. The molecule has 0 saturated carbocycles. The summed E-state index contributed by atoms with van der Waals surface area (Å²) in [6.45, 7) is 3.93. The molecule has 0 aliphatic rings. The van der Waals surface area contributed by atoms with Gasteiger partial charge in [0.05, 0.1) is 10.6 Å². The highest BCUT2D eigenvalue weighted by molar-refractivity contribution is 7.92. The fourth-order valence-corrected chi connectivity index (χ4v) is 3.69. The lowest BCUT2D eigenvalue weighted by Gasteiger charge is -2.11. The molecule has 0 saturated heterocycles. The van der Waals surface area contributed by atoms with Crippen molar-refractivity contribution in [3.63, 3.8) is 0 Å². The summed E-state index contributed by atoms with van der Waals surface area (Å²) in [6, 6.07) is 11.6. The number of benzene rings is 2. The first-order valence-corrected chi connectivity index (χ1v) is 9.82. The minimum atomic E-state index is -3.63. The van der Waals surface area contributed by atoms with Gasteiger partial charge in [0.1, 0.15) is 5.75 Å². The number of nitrogens with one attached hydrogen (secondary N) is 1. The largest absolute Gasteiger partial charge is 0.508 e. The zero-order chi connectivity index (χ0) is 17.6. The van der Waals surface area contributed by atoms with E-state index in [0.717, 1.165) is 18.4 Å². The molecule has 2 N–H and O–H groups in total. The van der Waals surface area contributed by atoms with E-state index in [1.807, 2.05) is 12.1 Å². The van der Waals surface area contributed by atoms with Crippen molar-refractivity contribution in [3.05, 3.63) is 53.6 Å². The summed E-state index contributed by atoms with van der Waals surface area (Å²) < 4.78 is 27.5. The van der Waals surface area contributed by atoms with Crippen LogP contribution in [0.15, 0.2) is 47.4 Å². The average molecular weight is 347 g/mol. The minimum Gasteiger partial charge on any atom is -0.508 e. The number of aromatic hydroxyl groups is 1. The van der Waals surface area contributed by atoms with Gasteiger partial charge in [0.25, 0.3) is 10.0 Å². The third kappa shape index (κ3) is 4.99. The maximum Gasteiger partial charge on any atom is 0.261 e. The predicted molar refractivity (Wildman–Crippen MR) is 97.9 cm³/mol. The molecule has 0 radical (unpaired) electrons. The molecule has 2 aromatic carbocycles. The summed E-state index contributed by atoms with van der Waals surface area (Å²) in [6.07, 6.45) is 5.76. The van der Waals surface area contributed by atoms with Crippen LogP contribution in [0.5, 0.6) is 5.75 Å². The number of hydrogen-bond donors (Lipinski definition) is 2. The number of anilines is 1. The SMILES string of the molecule is CCCCCCc1ccc(S(=O)(=O)Nc2ccc(O)cc2C)cc1. The van der Waals surface area contributed by atoms with Crippen molar-refractivity contribution in [1.29, 1.82) is 0 Å². The van der Waals surface area contributed by atoms with Gasteiger partial charge in [-0.15, -0.1) is 0 Å². The van der Waals surface area contributed by atoms with Crippen molar-refractivity contribution in [2.75, 3.05) is 4.72 Å². The molecule has 0 aliphatic heterocycles. The second-order valence-corrected chi connectivity index (χ2v) is 7.74. The van der Waals surface area contributed by atoms with Gasteiger partial charge in [-0.2, -0.15) is 0 Å². The first kappa shape index (κ1) is 18.3. The van der Waals surface area contributed by atoms with Gasteiger partial charge in [-0.25, -0.2) is 8.42 Å². The van der Waals surface area contributed by atoms with Crippen molar-refractivity contribution in [1.82, 2.24) is 0 Å². The van der Waals surface area contributed by atoms with Crippen LogP contribution in [-0.2, 0) is 16.4 Å². The smallest absolute Gasteiger partial charge is 0.261 e. The van der Waals surface area contributed by atoms with Crippen LogP contribution >= 0.6 is 0 Å². The normalized spacial score (nSPS) is 11.4. The zero-order valence-electron chi connectivity index (χ0n) is 14.2. The third-order valence-corrected chi connectivity index (χ3v) is 5.39. The third-order valence-electron chi connectivity index (χ3n) is 4.01. The van der Waals surface area contributed by atoms with Crippen LogP contribution in [0, 0.1) is 6.92 Å². The molecule has 0 amide bonds. The summed E-state index contributed by atoms with van der Waals surface area (Å²) in [5.41, 5.74) is 2.30. The molecule has 0 unspecified atom stereocenters. The van der Waals surface area contributed by atoms with Gasteiger partial charge in [-0.3, -0.25) is 4.72 Å². The Bertz CT molecular complexity index is 768. The van der Waals surface area contributed by atoms with E-state index >= 15 is 0 Å². The maximum atomic E-state index is 12.5. The molecule has 0 spiro atoms. The summed E-state index contributed by atoms with van der Waals surface area (Å²) in [5.74, 6) is 0.114. The number of rotatable bonds is 8. The number of aryl methyl sites for hydroxylation is 2. The lowest BCUT2D eigenvalue weighted by Crippen LogP contribution is -2.13. The van der Waals surface area contributed by atoms with Crippen LogP contribution in [0.1, 0.15) is 43.7 Å². The van der Waals surface area contributed by atoms with E-state index in [9.17, 15) is 13.5 Å². The summed E-state index contributed by atoms with van der Waals surface area (Å²) >= 11 is 0. The number of hydrogen-bond acceptors (Lipinski definition) is 3. The van der Waals surface area contributed by atoms with E-state index in [-0.39, 0.29) is 10.6 Å². The van der Waals surface area contributed by atoms with Crippen molar-refractivity contribution in [2.24, 2.45) is 0 Å². The van der Waals surface area contributed by atoms with Crippen LogP contribution < -0.4 is 4.72 Å². The highest BCUT2D eigenvalue weighted by Gasteiger charge is 2.15. The molecule has 0 aromatic heterocycles. The Labute approximate surface area is 144 Å². The molecule has 4 nitrogen and oxygen atoms in total. The second-order valence-electron chi connectivity index (χ2n) is 6.06. The Hall–Kier alpha value is -2.01. The number of phenols is 1. The molecule has 0 aliphatic carbocycles. The molecule has 24 heavy (non-hydrogen) atoms. The summed E-state index contributed by atoms with van der Waals surface area (Å²) in [7, 11) is -3.63. The quantitative estimate of drug-likeness (QED) is 0.541. The van der Waals surface area contributed by atoms with E-state index in [1.54, 1.807) is 25.1 Å². The van der Waals surface area contributed by atoms with E-state index in [1.165, 1.54) is 31.4 Å². The number of sulfonamides is 1. The van der Waals surface area contributed by atoms with Crippen molar-refractivity contribution >= 4 is 15.7 Å². The van der Waals surface area contributed by atoms with E-state index in [4.69, 9.17) is 0 Å². The zero-order valence-corrected chi connectivity index (χ0v) is 15.1. The van der Waals surface area contributed by atoms with Crippen molar-refractivity contribution < 1.29 is 13.5 Å². The Morgan fingerprint density at radius 3 is 2.33 bits per heavy atom. The van der Waals surface area contributed by atoms with Gasteiger partial charge in [-0.05, 0) is 61.2 Å². The molecular formula is C19H25NO3S. The fraction of sp³-hybridized carbons (Fsp3) is 0.368. The van der Waals surface area contributed by atoms with Gasteiger partial charge in [0, 0.05) is 0 Å². The average Bonchev–Trinajstić information content (AvgIpc) is 2.55. The van der Waals surface area contributed by atoms with Gasteiger partial charge in [0.2, 0.25) is 0 Å². The minimum absolute atomic E-state index is 0.114. The Balaban J connectivity index is 2.06. The Morgan fingerprint density at radius 1 is 1.00 bits per heavy atom. The molecule has 0 atom stereocenters. The molecule has 0 bridgehead atoms. The number of phenolic OH excluding ortho intramolecular Hbond substituents is 1. The Kier molecular flexibility index (Phi) is 6.26. The van der Waals surface area contributed by atoms with Gasteiger partial charge in [-0.1, -0.05) is 38.3 Å². The van der Waals surface area contributed by atoms with E-state index in [0.29, 0.717) is 11.3 Å². The maximum absolute atomic E-state index is 12.5. The number of unbranched alkanes of at least 4 members (excludes halogenated alkanes) is 3. The molecular weight excluding hydrogens is 322 g/mol. The molecule has 130 valence electrons. The first-order valence-electron chi connectivity index (χ1n) is 8.34.